The van der Waals surface area contributed by atoms with Gasteiger partial charge in [-0.1, -0.05) is 46.8 Å². The molecule has 20 heavy (non-hydrogen) atoms. The third-order valence-electron chi connectivity index (χ3n) is 3.31. The molecule has 0 radical (unpaired) electrons. The maximum absolute atomic E-state index is 10.8. The number of carboxylic acid groups (broad SMARTS) is 1. The maximum atomic E-state index is 10.8. The first-order valence-corrected chi connectivity index (χ1v) is 6.92. The van der Waals surface area contributed by atoms with Crippen molar-refractivity contribution in [1.82, 2.24) is 0 Å². The monoisotopic (exact) mass is 277 g/mol. The van der Waals surface area contributed by atoms with E-state index in [1.54, 1.807) is 13.2 Å². The largest absolute Gasteiger partial charge is 0.550 e. The molecule has 0 saturated carbocycles. The summed E-state index contributed by atoms with van der Waals surface area (Å²) in [6, 6.07) is 5.56. The predicted molar refractivity (Wildman–Crippen MR) is 78.8 cm³/mol. The van der Waals surface area contributed by atoms with Gasteiger partial charge in [0.05, 0.1) is 7.11 Å². The highest BCUT2D eigenvalue weighted by atomic mass is 16.5. The van der Waals surface area contributed by atoms with Gasteiger partial charge in [0.1, 0.15) is 5.75 Å². The van der Waals surface area contributed by atoms with E-state index in [1.807, 2.05) is 12.1 Å². The van der Waals surface area contributed by atoms with E-state index in [0.29, 0.717) is 0 Å². The van der Waals surface area contributed by atoms with E-state index in [9.17, 15) is 9.90 Å². The van der Waals surface area contributed by atoms with Crippen LogP contribution in [0.1, 0.15) is 52.2 Å². The number of carbonyl (C=O) groups is 1. The van der Waals surface area contributed by atoms with Crippen LogP contribution < -0.4 is 9.84 Å². The van der Waals surface area contributed by atoms with Gasteiger partial charge >= 0.3 is 0 Å². The topological polar surface area (TPSA) is 49.4 Å². The van der Waals surface area contributed by atoms with Crippen molar-refractivity contribution in [2.45, 2.75) is 52.9 Å². The molecule has 0 aromatic heterocycles. The quantitative estimate of drug-likeness (QED) is 0.831. The van der Waals surface area contributed by atoms with E-state index in [-0.39, 0.29) is 17.3 Å². The summed E-state index contributed by atoms with van der Waals surface area (Å²) in [6.07, 6.45) is 0.910. The molecule has 0 unspecified atom stereocenters. The number of carbonyl (C=O) groups excluding carboxylic acids is 1. The fourth-order valence-corrected chi connectivity index (χ4v) is 2.98. The molecule has 0 bridgehead atoms. The lowest BCUT2D eigenvalue weighted by Crippen LogP contribution is -2.27. The van der Waals surface area contributed by atoms with Crippen LogP contribution in [0, 0.1) is 5.41 Å². The average Bonchev–Trinajstić information content (AvgIpc) is 2.25. The van der Waals surface area contributed by atoms with Gasteiger partial charge in [-0.15, -0.1) is 0 Å². The summed E-state index contributed by atoms with van der Waals surface area (Å²) in [5.74, 6) is -0.254. The molecule has 0 heterocycles. The van der Waals surface area contributed by atoms with Gasteiger partial charge in [0, 0.05) is 18.0 Å². The van der Waals surface area contributed by atoms with Crippen molar-refractivity contribution in [3.8, 4) is 5.75 Å². The Morgan fingerprint density at radius 3 is 2.25 bits per heavy atom. The number of benzene rings is 1. The summed E-state index contributed by atoms with van der Waals surface area (Å²) in [6.45, 7) is 10.9. The standard InChI is InChI=1S/C17H26O3/c1-16(2,3)11-17(4,5)13-9-12(10-15(18)19)7-8-14(13)20-6/h7-9H,10-11H2,1-6H3,(H,18,19)/p-1. The van der Waals surface area contributed by atoms with Crippen LogP contribution in [0.25, 0.3) is 0 Å². The molecule has 0 amide bonds. The van der Waals surface area contributed by atoms with Crippen LogP contribution in [-0.4, -0.2) is 13.1 Å². The van der Waals surface area contributed by atoms with Crippen molar-refractivity contribution < 1.29 is 14.6 Å². The number of methoxy groups -OCH3 is 1. The fourth-order valence-electron chi connectivity index (χ4n) is 2.98. The lowest BCUT2D eigenvalue weighted by Gasteiger charge is -2.34. The van der Waals surface area contributed by atoms with Crippen molar-refractivity contribution in [2.75, 3.05) is 7.11 Å². The second-order valence-corrected chi connectivity index (χ2v) is 7.20. The minimum Gasteiger partial charge on any atom is -0.550 e. The number of carboxylic acids is 1. The first kappa shape index (κ1) is 16.5. The second-order valence-electron chi connectivity index (χ2n) is 7.20. The Morgan fingerprint density at radius 2 is 1.80 bits per heavy atom. The molecular weight excluding hydrogens is 252 g/mol. The molecule has 112 valence electrons. The highest BCUT2D eigenvalue weighted by Crippen LogP contribution is 2.40. The zero-order valence-electron chi connectivity index (χ0n) is 13.4. The van der Waals surface area contributed by atoms with Crippen molar-refractivity contribution in [3.05, 3.63) is 29.3 Å². The molecule has 0 fully saturated rings. The number of rotatable bonds is 5. The number of hydrogen-bond donors (Lipinski definition) is 0. The van der Waals surface area contributed by atoms with Crippen LogP contribution >= 0.6 is 0 Å². The smallest absolute Gasteiger partial charge is 0.122 e. The Hall–Kier alpha value is -1.51. The molecule has 3 nitrogen and oxygen atoms in total. The van der Waals surface area contributed by atoms with Gasteiger partial charge in [0.15, 0.2) is 0 Å². The van der Waals surface area contributed by atoms with Gasteiger partial charge in [-0.25, -0.2) is 0 Å². The molecule has 1 aromatic rings. The zero-order chi connectivity index (χ0) is 15.6. The Bertz CT molecular complexity index is 481. The summed E-state index contributed by atoms with van der Waals surface area (Å²) in [5.41, 5.74) is 1.89. The first-order valence-electron chi connectivity index (χ1n) is 6.92. The van der Waals surface area contributed by atoms with Crippen LogP contribution in [0.3, 0.4) is 0 Å². The van der Waals surface area contributed by atoms with Crippen molar-refractivity contribution in [1.29, 1.82) is 0 Å². The number of hydrogen-bond acceptors (Lipinski definition) is 3. The van der Waals surface area contributed by atoms with Gasteiger partial charge in [-0.3, -0.25) is 0 Å². The Balaban J connectivity index is 3.21. The molecule has 1 aromatic carbocycles. The molecule has 0 aliphatic heterocycles. The van der Waals surface area contributed by atoms with Crippen LogP contribution in [0.4, 0.5) is 0 Å². The van der Waals surface area contributed by atoms with Gasteiger partial charge in [-0.05, 0) is 28.9 Å². The van der Waals surface area contributed by atoms with Gasteiger partial charge in [-0.2, -0.15) is 0 Å². The summed E-state index contributed by atoms with van der Waals surface area (Å²) < 4.78 is 5.44. The van der Waals surface area contributed by atoms with Crippen LogP contribution in [-0.2, 0) is 16.6 Å². The molecule has 0 atom stereocenters. The van der Waals surface area contributed by atoms with Gasteiger partial charge < -0.3 is 14.6 Å². The van der Waals surface area contributed by atoms with Crippen LogP contribution in [0.5, 0.6) is 5.75 Å². The van der Waals surface area contributed by atoms with Gasteiger partial charge in [0.2, 0.25) is 0 Å². The molecule has 0 aliphatic rings. The van der Waals surface area contributed by atoms with E-state index >= 15 is 0 Å². The second kappa shape index (κ2) is 5.86. The predicted octanol–water partition coefficient (Wildman–Crippen LogP) is 2.70. The van der Waals surface area contributed by atoms with Crippen LogP contribution in [0.15, 0.2) is 18.2 Å². The van der Waals surface area contributed by atoms with E-state index in [1.165, 1.54) is 0 Å². The maximum Gasteiger partial charge on any atom is 0.122 e. The van der Waals surface area contributed by atoms with E-state index in [0.717, 1.165) is 23.3 Å². The third kappa shape index (κ3) is 4.55. The highest BCUT2D eigenvalue weighted by Gasteiger charge is 2.30. The summed E-state index contributed by atoms with van der Waals surface area (Å²) in [7, 11) is 1.64. The Morgan fingerprint density at radius 1 is 1.20 bits per heavy atom. The molecule has 0 aliphatic carbocycles. The van der Waals surface area contributed by atoms with Crippen molar-refractivity contribution in [2.24, 2.45) is 5.41 Å². The summed E-state index contributed by atoms with van der Waals surface area (Å²) in [4.78, 5) is 10.8. The van der Waals surface area contributed by atoms with E-state index < -0.39 is 5.97 Å². The number of aliphatic carboxylic acids is 1. The zero-order valence-corrected chi connectivity index (χ0v) is 13.4. The minimum atomic E-state index is -1.06. The SMILES string of the molecule is COc1ccc(CC(=O)[O-])cc1C(C)(C)CC(C)(C)C. The lowest BCUT2D eigenvalue weighted by atomic mass is 9.71. The summed E-state index contributed by atoms with van der Waals surface area (Å²) >= 11 is 0. The van der Waals surface area contributed by atoms with E-state index in [4.69, 9.17) is 4.74 Å². The molecular formula is C17H25O3-. The molecule has 1 rings (SSSR count). The van der Waals surface area contributed by atoms with Crippen LogP contribution in [0.2, 0.25) is 0 Å². The minimum absolute atomic E-state index is 0.0669. The molecule has 0 saturated heterocycles. The number of ether oxygens (including phenoxy) is 1. The van der Waals surface area contributed by atoms with Crippen molar-refractivity contribution in [3.63, 3.8) is 0 Å². The third-order valence-corrected chi connectivity index (χ3v) is 3.31. The summed E-state index contributed by atoms with van der Waals surface area (Å²) in [5, 5.41) is 10.8. The van der Waals surface area contributed by atoms with Gasteiger partial charge in [0.25, 0.3) is 0 Å². The highest BCUT2D eigenvalue weighted by molar-refractivity contribution is 5.68. The first-order chi connectivity index (χ1) is 9.05. The fraction of sp³-hybridized carbons (Fsp3) is 0.588. The average molecular weight is 277 g/mol. The van der Waals surface area contributed by atoms with E-state index in [2.05, 4.69) is 34.6 Å². The normalized spacial score (nSPS) is 12.3. The molecule has 0 spiro atoms. The Kier molecular flexibility index (Phi) is 4.85. The molecule has 0 N–H and O–H groups in total. The van der Waals surface area contributed by atoms with Crippen molar-refractivity contribution >= 4 is 5.97 Å². The Labute approximate surface area is 122 Å². The lowest BCUT2D eigenvalue weighted by molar-refractivity contribution is -0.304. The molecule has 3 heteroatoms.